The maximum atomic E-state index is 9.27. The SMILES string of the molecule is C/C(=C\C(=N/C(C)c1ccc(C#N)cc1)c1cc(Br)cc(-c2cccc3ncccc23)c1)c1ccc(-c2ccccc2)cc1. The molecule has 0 bridgehead atoms. The lowest BCUT2D eigenvalue weighted by Gasteiger charge is -2.14. The summed E-state index contributed by atoms with van der Waals surface area (Å²) in [5.74, 6) is 0. The van der Waals surface area contributed by atoms with Gasteiger partial charge in [0, 0.05) is 21.6 Å². The van der Waals surface area contributed by atoms with Gasteiger partial charge in [0.1, 0.15) is 0 Å². The standard InChI is InChI=1S/C40H30BrN3/c1-27(30-17-19-33(20-18-30)32-8-4-3-5-9-32)22-40(44-28(2)31-15-13-29(26-42)14-16-31)35-23-34(24-36(41)25-35)37-10-6-12-39-38(37)11-7-21-43-39/h3-25,28H,1-2H3/b27-22+,44-40+. The fourth-order valence-corrected chi connectivity index (χ4v) is 5.90. The van der Waals surface area contributed by atoms with E-state index in [9.17, 15) is 5.26 Å². The second kappa shape index (κ2) is 13.0. The monoisotopic (exact) mass is 631 g/mol. The molecule has 1 aromatic heterocycles. The zero-order chi connectivity index (χ0) is 30.5. The summed E-state index contributed by atoms with van der Waals surface area (Å²) in [6.45, 7) is 4.23. The average Bonchev–Trinajstić information content (AvgIpc) is 3.08. The van der Waals surface area contributed by atoms with Crippen molar-refractivity contribution >= 4 is 38.1 Å². The van der Waals surface area contributed by atoms with Gasteiger partial charge in [0.15, 0.2) is 0 Å². The molecule has 0 aliphatic carbocycles. The van der Waals surface area contributed by atoms with E-state index in [2.05, 4.69) is 132 Å². The van der Waals surface area contributed by atoms with Gasteiger partial charge in [0.05, 0.1) is 28.9 Å². The Labute approximate surface area is 267 Å². The Balaban J connectivity index is 1.44. The first-order valence-electron chi connectivity index (χ1n) is 14.6. The van der Waals surface area contributed by atoms with Gasteiger partial charge in [-0.25, -0.2) is 0 Å². The lowest BCUT2D eigenvalue weighted by Crippen LogP contribution is -2.03. The van der Waals surface area contributed by atoms with E-state index in [1.807, 2.05) is 48.7 Å². The van der Waals surface area contributed by atoms with Gasteiger partial charge < -0.3 is 0 Å². The molecule has 5 aromatic carbocycles. The van der Waals surface area contributed by atoms with Crippen molar-refractivity contribution in [2.45, 2.75) is 19.9 Å². The van der Waals surface area contributed by atoms with E-state index in [-0.39, 0.29) is 6.04 Å². The second-order valence-corrected chi connectivity index (χ2v) is 11.7. The van der Waals surface area contributed by atoms with Gasteiger partial charge >= 0.3 is 0 Å². The summed E-state index contributed by atoms with van der Waals surface area (Å²) in [7, 11) is 0. The number of allylic oxidation sites excluding steroid dienone is 2. The molecule has 0 saturated heterocycles. The lowest BCUT2D eigenvalue weighted by molar-refractivity contribution is 0.821. The van der Waals surface area contributed by atoms with E-state index in [0.717, 1.165) is 54.5 Å². The van der Waals surface area contributed by atoms with E-state index < -0.39 is 0 Å². The first-order chi connectivity index (χ1) is 21.5. The molecule has 0 saturated carbocycles. The highest BCUT2D eigenvalue weighted by molar-refractivity contribution is 9.10. The summed E-state index contributed by atoms with van der Waals surface area (Å²) >= 11 is 3.79. The summed E-state index contributed by atoms with van der Waals surface area (Å²) in [5.41, 5.74) is 11.4. The summed E-state index contributed by atoms with van der Waals surface area (Å²) in [6.07, 6.45) is 4.00. The van der Waals surface area contributed by atoms with Crippen LogP contribution in [0.5, 0.6) is 0 Å². The van der Waals surface area contributed by atoms with Crippen LogP contribution >= 0.6 is 15.9 Å². The summed E-state index contributed by atoms with van der Waals surface area (Å²) in [4.78, 5) is 9.83. The smallest absolute Gasteiger partial charge is 0.0991 e. The summed E-state index contributed by atoms with van der Waals surface area (Å²) in [5, 5.41) is 10.4. The first kappa shape index (κ1) is 29.0. The highest BCUT2D eigenvalue weighted by atomic mass is 79.9. The lowest BCUT2D eigenvalue weighted by atomic mass is 9.95. The molecule has 44 heavy (non-hydrogen) atoms. The Morgan fingerprint density at radius 1 is 0.773 bits per heavy atom. The molecule has 0 amide bonds. The number of rotatable bonds is 7. The van der Waals surface area contributed by atoms with Crippen LogP contribution < -0.4 is 0 Å². The molecule has 212 valence electrons. The molecular weight excluding hydrogens is 602 g/mol. The van der Waals surface area contributed by atoms with Crippen molar-refractivity contribution < 1.29 is 0 Å². The Bertz CT molecular complexity index is 2030. The second-order valence-electron chi connectivity index (χ2n) is 10.8. The number of hydrogen-bond donors (Lipinski definition) is 0. The van der Waals surface area contributed by atoms with Crippen LogP contribution in [0, 0.1) is 11.3 Å². The molecule has 0 N–H and O–H groups in total. The highest BCUT2D eigenvalue weighted by Crippen LogP contribution is 2.32. The Morgan fingerprint density at radius 3 is 2.27 bits per heavy atom. The van der Waals surface area contributed by atoms with Crippen molar-refractivity contribution in [3.8, 4) is 28.3 Å². The maximum Gasteiger partial charge on any atom is 0.0991 e. The molecule has 1 unspecified atom stereocenters. The summed E-state index contributed by atoms with van der Waals surface area (Å²) < 4.78 is 0.975. The minimum Gasteiger partial charge on any atom is -0.277 e. The van der Waals surface area contributed by atoms with Crippen LogP contribution in [0.15, 0.2) is 149 Å². The minimum atomic E-state index is -0.119. The molecule has 4 heteroatoms. The zero-order valence-electron chi connectivity index (χ0n) is 24.6. The molecule has 0 spiro atoms. The van der Waals surface area contributed by atoms with Crippen molar-refractivity contribution in [2.24, 2.45) is 4.99 Å². The molecule has 0 fully saturated rings. The highest BCUT2D eigenvalue weighted by Gasteiger charge is 2.13. The molecule has 6 aromatic rings. The predicted octanol–water partition coefficient (Wildman–Crippen LogP) is 10.9. The van der Waals surface area contributed by atoms with E-state index >= 15 is 0 Å². The Morgan fingerprint density at radius 2 is 1.52 bits per heavy atom. The molecule has 1 atom stereocenters. The van der Waals surface area contributed by atoms with Crippen molar-refractivity contribution in [3.63, 3.8) is 0 Å². The Hall–Kier alpha value is -5.11. The number of fused-ring (bicyclic) bond motifs is 1. The molecule has 0 aliphatic heterocycles. The van der Waals surface area contributed by atoms with Gasteiger partial charge in [-0.05, 0) is 101 Å². The van der Waals surface area contributed by atoms with Gasteiger partial charge in [0.2, 0.25) is 0 Å². The van der Waals surface area contributed by atoms with Gasteiger partial charge in [-0.15, -0.1) is 0 Å². The number of hydrogen-bond acceptors (Lipinski definition) is 3. The number of benzene rings is 5. The van der Waals surface area contributed by atoms with Crippen LogP contribution in [0.3, 0.4) is 0 Å². The largest absolute Gasteiger partial charge is 0.277 e. The first-order valence-corrected chi connectivity index (χ1v) is 15.3. The molecule has 0 radical (unpaired) electrons. The van der Waals surface area contributed by atoms with Gasteiger partial charge in [0.25, 0.3) is 0 Å². The maximum absolute atomic E-state index is 9.27. The number of nitriles is 1. The number of aromatic nitrogens is 1. The predicted molar refractivity (Wildman–Crippen MR) is 187 cm³/mol. The van der Waals surface area contributed by atoms with Crippen molar-refractivity contribution in [1.82, 2.24) is 4.98 Å². The van der Waals surface area contributed by atoms with E-state index in [1.165, 1.54) is 11.1 Å². The third kappa shape index (κ3) is 6.44. The molecular formula is C40H30BrN3. The van der Waals surface area contributed by atoms with E-state index in [4.69, 9.17) is 4.99 Å². The third-order valence-corrected chi connectivity index (χ3v) is 8.26. The molecule has 1 heterocycles. The van der Waals surface area contributed by atoms with Crippen molar-refractivity contribution in [1.29, 1.82) is 5.26 Å². The van der Waals surface area contributed by atoms with Gasteiger partial charge in [-0.1, -0.05) is 101 Å². The third-order valence-electron chi connectivity index (χ3n) is 7.81. The fourth-order valence-electron chi connectivity index (χ4n) is 5.41. The number of nitrogens with zero attached hydrogens (tertiary/aromatic N) is 3. The molecule has 0 aliphatic rings. The van der Waals surface area contributed by atoms with Gasteiger partial charge in [-0.3, -0.25) is 9.98 Å². The van der Waals surface area contributed by atoms with E-state index in [1.54, 1.807) is 0 Å². The molecule has 6 rings (SSSR count). The van der Waals surface area contributed by atoms with Crippen molar-refractivity contribution in [2.75, 3.05) is 0 Å². The fraction of sp³-hybridized carbons (Fsp3) is 0.0750. The Kier molecular flexibility index (Phi) is 8.59. The zero-order valence-corrected chi connectivity index (χ0v) is 26.2. The number of aliphatic imine (C=N–C) groups is 1. The number of halogens is 1. The number of pyridine rings is 1. The van der Waals surface area contributed by atoms with Crippen LogP contribution in [0.25, 0.3) is 38.7 Å². The van der Waals surface area contributed by atoms with Crippen LogP contribution in [0.2, 0.25) is 0 Å². The summed E-state index contributed by atoms with van der Waals surface area (Å²) in [6, 6.07) is 45.7. The van der Waals surface area contributed by atoms with Crippen molar-refractivity contribution in [3.05, 3.63) is 166 Å². The molecule has 3 nitrogen and oxygen atoms in total. The quantitative estimate of drug-likeness (QED) is 0.164. The van der Waals surface area contributed by atoms with Crippen LogP contribution in [0.4, 0.5) is 0 Å². The minimum absolute atomic E-state index is 0.119. The topological polar surface area (TPSA) is 49.0 Å². The van der Waals surface area contributed by atoms with Crippen LogP contribution in [0.1, 0.15) is 42.1 Å². The van der Waals surface area contributed by atoms with E-state index in [0.29, 0.717) is 5.56 Å². The van der Waals surface area contributed by atoms with Crippen LogP contribution in [-0.2, 0) is 0 Å². The normalized spacial score (nSPS) is 12.6. The van der Waals surface area contributed by atoms with Gasteiger partial charge in [-0.2, -0.15) is 5.26 Å². The average molecular weight is 633 g/mol. The van der Waals surface area contributed by atoms with Crippen LogP contribution in [-0.4, -0.2) is 10.7 Å².